The first kappa shape index (κ1) is 23.1. The number of dihydropyridines is 1. The van der Waals surface area contributed by atoms with E-state index >= 15 is 0 Å². The molecular weight excluding hydrogens is 464 g/mol. The lowest BCUT2D eigenvalue weighted by atomic mass is 10.0. The highest BCUT2D eigenvalue weighted by Crippen LogP contribution is 2.27. The smallest absolute Gasteiger partial charge is 0.251 e. The predicted molar refractivity (Wildman–Crippen MR) is 135 cm³/mol. The minimum absolute atomic E-state index is 0.119. The molecule has 9 heteroatoms. The van der Waals surface area contributed by atoms with Crippen molar-refractivity contribution in [3.8, 4) is 0 Å². The zero-order valence-electron chi connectivity index (χ0n) is 19.5. The van der Waals surface area contributed by atoms with Gasteiger partial charge in [0.15, 0.2) is 0 Å². The van der Waals surface area contributed by atoms with Crippen molar-refractivity contribution in [2.45, 2.75) is 38.8 Å². The molecule has 8 nitrogen and oxygen atoms in total. The van der Waals surface area contributed by atoms with Crippen molar-refractivity contribution >= 4 is 34.3 Å². The number of allylic oxidation sites excluding steroid dienone is 2. The first-order valence-corrected chi connectivity index (χ1v) is 12.1. The van der Waals surface area contributed by atoms with Crippen LogP contribution >= 0.6 is 11.6 Å². The molecule has 0 spiro atoms. The third-order valence-electron chi connectivity index (χ3n) is 6.30. The number of fused-ring (bicyclic) bond motifs is 1. The molecule has 0 saturated heterocycles. The summed E-state index contributed by atoms with van der Waals surface area (Å²) in [5.41, 5.74) is 5.20. The minimum atomic E-state index is -0.180. The maximum Gasteiger partial charge on any atom is 0.251 e. The second-order valence-corrected chi connectivity index (χ2v) is 9.44. The van der Waals surface area contributed by atoms with Crippen LogP contribution in [0.4, 0.5) is 0 Å². The Balaban J connectivity index is 1.20. The van der Waals surface area contributed by atoms with Crippen LogP contribution in [0.2, 0.25) is 5.02 Å². The van der Waals surface area contributed by atoms with Gasteiger partial charge in [-0.3, -0.25) is 19.7 Å². The zero-order valence-corrected chi connectivity index (χ0v) is 20.2. The number of H-pyrrole nitrogens is 1. The number of aromatic nitrogens is 3. The van der Waals surface area contributed by atoms with Crippen LogP contribution in [0.5, 0.6) is 0 Å². The van der Waals surface area contributed by atoms with Gasteiger partial charge in [-0.2, -0.15) is 5.10 Å². The van der Waals surface area contributed by atoms with E-state index in [0.717, 1.165) is 40.8 Å². The largest absolute Gasteiger partial charge is 0.383 e. The molecule has 1 aliphatic carbocycles. The first-order valence-electron chi connectivity index (χ1n) is 11.7. The average Bonchev–Trinajstić information content (AvgIpc) is 3.62. The number of hydrogen-bond donors (Lipinski definition) is 3. The summed E-state index contributed by atoms with van der Waals surface area (Å²) >= 11 is 6.10. The Morgan fingerprint density at radius 2 is 2.06 bits per heavy atom. The van der Waals surface area contributed by atoms with Crippen molar-refractivity contribution in [1.29, 1.82) is 0 Å². The fraction of sp³-hybridized carbons (Fsp3) is 0.308. The standard InChI is InChI=1S/C26H27ClN6O2/c1-16(34)33(22-5-6-22)15-20-4-2-17(13-29-20)10-21-11-18(8-9-28-21)26(35)30-14-25-23-12-19(27)3-7-24(23)31-32-25/h2-4,7-9,11-12,22,29H,5-6,10,13-15H2,1H3,(H,30,35)(H,31,32). The second-order valence-electron chi connectivity index (χ2n) is 9.01. The van der Waals surface area contributed by atoms with Gasteiger partial charge in [-0.05, 0) is 54.8 Å². The summed E-state index contributed by atoms with van der Waals surface area (Å²) in [4.78, 5) is 31.0. The first-order chi connectivity index (χ1) is 17.0. The van der Waals surface area contributed by atoms with Crippen LogP contribution in [0.15, 0.2) is 60.0 Å². The Labute approximate surface area is 208 Å². The van der Waals surface area contributed by atoms with Crippen molar-refractivity contribution in [1.82, 2.24) is 30.7 Å². The monoisotopic (exact) mass is 490 g/mol. The average molecular weight is 491 g/mol. The summed E-state index contributed by atoms with van der Waals surface area (Å²) in [7, 11) is 0. The summed E-state index contributed by atoms with van der Waals surface area (Å²) in [5.74, 6) is -0.0606. The zero-order chi connectivity index (χ0) is 24.4. The number of rotatable bonds is 8. The Kier molecular flexibility index (Phi) is 6.55. The van der Waals surface area contributed by atoms with Crippen molar-refractivity contribution in [2.75, 3.05) is 13.1 Å². The van der Waals surface area contributed by atoms with Crippen molar-refractivity contribution in [3.05, 3.63) is 81.9 Å². The normalized spacial score (nSPS) is 15.3. The minimum Gasteiger partial charge on any atom is -0.383 e. The molecule has 1 aliphatic heterocycles. The number of benzene rings is 1. The number of carbonyl (C=O) groups excluding carboxylic acids is 2. The van der Waals surface area contributed by atoms with E-state index in [1.165, 1.54) is 5.57 Å². The van der Waals surface area contributed by atoms with Crippen LogP contribution in [0.1, 0.15) is 41.5 Å². The molecular formula is C26H27ClN6O2. The van der Waals surface area contributed by atoms with E-state index in [1.54, 1.807) is 25.3 Å². The highest BCUT2D eigenvalue weighted by Gasteiger charge is 2.31. The number of aromatic amines is 1. The number of nitrogens with zero attached hydrogens (tertiary/aromatic N) is 3. The molecule has 2 aliphatic rings. The second kappa shape index (κ2) is 9.92. The maximum atomic E-state index is 12.8. The molecule has 35 heavy (non-hydrogen) atoms. The summed E-state index contributed by atoms with van der Waals surface area (Å²) in [5, 5.41) is 15.1. The molecule has 2 aromatic heterocycles. The van der Waals surface area contributed by atoms with Gasteiger partial charge >= 0.3 is 0 Å². The highest BCUT2D eigenvalue weighted by atomic mass is 35.5. The van der Waals surface area contributed by atoms with Crippen molar-refractivity contribution in [3.63, 3.8) is 0 Å². The summed E-state index contributed by atoms with van der Waals surface area (Å²) in [6, 6.07) is 9.38. The van der Waals surface area contributed by atoms with Crippen LogP contribution in [-0.4, -0.2) is 51.0 Å². The van der Waals surface area contributed by atoms with E-state index in [0.29, 0.717) is 42.7 Å². The summed E-state index contributed by atoms with van der Waals surface area (Å²) < 4.78 is 0. The SMILES string of the molecule is CC(=O)N(CC1=CC=C(Cc2cc(C(=O)NCc3[nH]nc4ccc(Cl)cc34)ccn2)CN1)C1CC1. The highest BCUT2D eigenvalue weighted by molar-refractivity contribution is 6.31. The number of pyridine rings is 1. The summed E-state index contributed by atoms with van der Waals surface area (Å²) in [6.45, 7) is 3.25. The fourth-order valence-electron chi connectivity index (χ4n) is 4.25. The molecule has 3 heterocycles. The Morgan fingerprint density at radius 3 is 2.80 bits per heavy atom. The van der Waals surface area contributed by atoms with Gasteiger partial charge < -0.3 is 15.5 Å². The van der Waals surface area contributed by atoms with Gasteiger partial charge in [0.05, 0.1) is 24.3 Å². The number of nitrogens with one attached hydrogen (secondary N) is 3. The molecule has 1 saturated carbocycles. The molecule has 1 fully saturated rings. The van der Waals surface area contributed by atoms with Crippen LogP contribution in [0.25, 0.3) is 10.9 Å². The third kappa shape index (κ3) is 5.54. The number of hydrogen-bond acceptors (Lipinski definition) is 5. The topological polar surface area (TPSA) is 103 Å². The quantitative estimate of drug-likeness (QED) is 0.448. The molecule has 2 amide bonds. The lowest BCUT2D eigenvalue weighted by Gasteiger charge is -2.25. The van der Waals surface area contributed by atoms with Gasteiger partial charge in [0.25, 0.3) is 5.91 Å². The molecule has 0 unspecified atom stereocenters. The van der Waals surface area contributed by atoms with E-state index in [1.807, 2.05) is 29.2 Å². The van der Waals surface area contributed by atoms with Crippen LogP contribution in [0.3, 0.4) is 0 Å². The van der Waals surface area contributed by atoms with Crippen molar-refractivity contribution < 1.29 is 9.59 Å². The number of amides is 2. The molecule has 3 N–H and O–H groups in total. The lowest BCUT2D eigenvalue weighted by Crippen LogP contribution is -2.37. The summed E-state index contributed by atoms with van der Waals surface area (Å²) in [6.07, 6.45) is 8.61. The molecule has 180 valence electrons. The number of carbonyl (C=O) groups is 2. The molecule has 0 bridgehead atoms. The lowest BCUT2D eigenvalue weighted by molar-refractivity contribution is -0.129. The molecule has 5 rings (SSSR count). The maximum absolute atomic E-state index is 12.8. The van der Waals surface area contributed by atoms with E-state index in [2.05, 4.69) is 31.9 Å². The number of halogens is 1. The fourth-order valence-corrected chi connectivity index (χ4v) is 4.42. The van der Waals surface area contributed by atoms with E-state index < -0.39 is 0 Å². The van der Waals surface area contributed by atoms with Gasteiger partial charge in [-0.1, -0.05) is 17.7 Å². The molecule has 1 aromatic carbocycles. The van der Waals surface area contributed by atoms with Crippen molar-refractivity contribution in [2.24, 2.45) is 0 Å². The van der Waals surface area contributed by atoms with E-state index in [-0.39, 0.29) is 11.8 Å². The van der Waals surface area contributed by atoms with Crippen LogP contribution < -0.4 is 10.6 Å². The van der Waals surface area contributed by atoms with E-state index in [4.69, 9.17) is 11.6 Å². The van der Waals surface area contributed by atoms with Gasteiger partial charge in [-0.25, -0.2) is 0 Å². The van der Waals surface area contributed by atoms with Gasteiger partial charge in [0, 0.05) is 59.5 Å². The Bertz CT molecular complexity index is 1340. The Hall–Kier alpha value is -3.65. The van der Waals surface area contributed by atoms with E-state index in [9.17, 15) is 9.59 Å². The van der Waals surface area contributed by atoms with Gasteiger partial charge in [-0.15, -0.1) is 0 Å². The molecule has 3 aromatic rings. The third-order valence-corrected chi connectivity index (χ3v) is 6.54. The Morgan fingerprint density at radius 1 is 1.20 bits per heavy atom. The predicted octanol–water partition coefficient (Wildman–Crippen LogP) is 3.51. The van der Waals surface area contributed by atoms with Crippen LogP contribution in [0, 0.1) is 0 Å². The molecule has 0 radical (unpaired) electrons. The van der Waals surface area contributed by atoms with Gasteiger partial charge in [0.2, 0.25) is 5.91 Å². The molecule has 0 atom stereocenters. The van der Waals surface area contributed by atoms with Crippen LogP contribution in [-0.2, 0) is 17.8 Å². The van der Waals surface area contributed by atoms with Gasteiger partial charge in [0.1, 0.15) is 0 Å².